The Morgan fingerprint density at radius 1 is 0.833 bits per heavy atom. The number of hydrogen-bond acceptors (Lipinski definition) is 5. The van der Waals surface area contributed by atoms with Crippen LogP contribution in [0, 0.1) is 0 Å². The van der Waals surface area contributed by atoms with Crippen LogP contribution < -0.4 is 20.7 Å². The summed E-state index contributed by atoms with van der Waals surface area (Å²) in [7, 11) is 1.54. The van der Waals surface area contributed by atoms with Crippen LogP contribution in [-0.4, -0.2) is 35.6 Å². The minimum atomic E-state index is -0.509. The first-order valence-corrected chi connectivity index (χ1v) is 14.1. The van der Waals surface area contributed by atoms with Gasteiger partial charge in [-0.3, -0.25) is 14.4 Å². The minimum absolute atomic E-state index is 0.0461. The van der Waals surface area contributed by atoms with E-state index in [1.165, 1.54) is 11.8 Å². The smallest absolute Gasteiger partial charge is 0.272 e. The van der Waals surface area contributed by atoms with Gasteiger partial charge in [0.15, 0.2) is 0 Å². The number of aromatic amines is 1. The first kappa shape index (κ1) is 28.3. The number of rotatable bonds is 10. The van der Waals surface area contributed by atoms with Gasteiger partial charge in [0.1, 0.15) is 11.4 Å². The first-order chi connectivity index (χ1) is 20.5. The number of ether oxygens (including phenoxy) is 1. The second-order valence-electron chi connectivity index (χ2n) is 9.22. The number of thioether (sulfide) groups is 1. The van der Waals surface area contributed by atoms with Gasteiger partial charge < -0.3 is 25.7 Å². The highest BCUT2D eigenvalue weighted by atomic mass is 32.2. The molecule has 0 saturated heterocycles. The summed E-state index contributed by atoms with van der Waals surface area (Å²) in [4.78, 5) is 42.9. The zero-order valence-corrected chi connectivity index (χ0v) is 23.5. The first-order valence-electron chi connectivity index (χ1n) is 13.1. The Kier molecular flexibility index (Phi) is 9.00. The zero-order chi connectivity index (χ0) is 29.3. The number of carbonyl (C=O) groups is 3. The van der Waals surface area contributed by atoms with Crippen molar-refractivity contribution in [2.45, 2.75) is 4.90 Å². The molecule has 1 heterocycles. The van der Waals surface area contributed by atoms with E-state index in [4.69, 9.17) is 4.74 Å². The highest BCUT2D eigenvalue weighted by molar-refractivity contribution is 8.00. The van der Waals surface area contributed by atoms with Crippen LogP contribution in [0.15, 0.2) is 120 Å². The number of benzene rings is 4. The Balaban J connectivity index is 1.27. The molecule has 0 aliphatic rings. The van der Waals surface area contributed by atoms with Gasteiger partial charge in [0.2, 0.25) is 5.91 Å². The van der Waals surface area contributed by atoms with E-state index in [9.17, 15) is 14.4 Å². The van der Waals surface area contributed by atoms with Crippen molar-refractivity contribution in [3.8, 4) is 5.75 Å². The number of nitrogens with one attached hydrogen (secondary N) is 4. The lowest BCUT2D eigenvalue weighted by Crippen LogP contribution is -2.30. The molecule has 0 aliphatic heterocycles. The third-order valence-electron chi connectivity index (χ3n) is 6.27. The standard InChI is InChI=1S/C33H28N4O4S/c1-41-30-13-6-5-10-24(30)18-29(37-32(39)23-8-3-2-4-9-23)33(40)36-25-11-7-12-27(19-25)42-21-31(38)35-26-15-14-22-16-17-34-28(22)20-26/h2-20,34H,21H2,1H3,(H,35,38)(H,36,40)(H,37,39)/b29-18+. The summed E-state index contributed by atoms with van der Waals surface area (Å²) in [5.74, 6) is -0.332. The molecular formula is C33H28N4O4S. The molecule has 4 aromatic carbocycles. The van der Waals surface area contributed by atoms with E-state index in [2.05, 4.69) is 20.9 Å². The van der Waals surface area contributed by atoms with Gasteiger partial charge in [-0.2, -0.15) is 0 Å². The molecule has 4 N–H and O–H groups in total. The fourth-order valence-corrected chi connectivity index (χ4v) is 4.97. The molecule has 8 nitrogen and oxygen atoms in total. The zero-order valence-electron chi connectivity index (χ0n) is 22.7. The number of carbonyl (C=O) groups excluding carboxylic acids is 3. The Morgan fingerprint density at radius 3 is 2.45 bits per heavy atom. The lowest BCUT2D eigenvalue weighted by molar-refractivity contribution is -0.114. The third-order valence-corrected chi connectivity index (χ3v) is 7.26. The predicted molar refractivity (Wildman–Crippen MR) is 168 cm³/mol. The normalized spacial score (nSPS) is 11.1. The molecule has 0 bridgehead atoms. The fourth-order valence-electron chi connectivity index (χ4n) is 4.22. The number of H-pyrrole nitrogens is 1. The number of para-hydroxylation sites is 1. The number of methoxy groups -OCH3 is 1. The molecule has 3 amide bonds. The molecule has 5 rings (SSSR count). The van der Waals surface area contributed by atoms with E-state index in [0.717, 1.165) is 15.8 Å². The fraction of sp³-hybridized carbons (Fsp3) is 0.0606. The van der Waals surface area contributed by atoms with Crippen molar-refractivity contribution in [3.05, 3.63) is 126 Å². The molecule has 210 valence electrons. The average Bonchev–Trinajstić information content (AvgIpc) is 3.48. The van der Waals surface area contributed by atoms with Gasteiger partial charge in [-0.25, -0.2) is 0 Å². The summed E-state index contributed by atoms with van der Waals surface area (Å²) in [5, 5.41) is 9.58. The maximum absolute atomic E-state index is 13.4. The van der Waals surface area contributed by atoms with Crippen LogP contribution in [0.1, 0.15) is 15.9 Å². The summed E-state index contributed by atoms with van der Waals surface area (Å²) in [6, 6.07) is 30.7. The highest BCUT2D eigenvalue weighted by Gasteiger charge is 2.16. The van der Waals surface area contributed by atoms with Gasteiger partial charge in [0.05, 0.1) is 12.9 Å². The molecule has 9 heteroatoms. The molecule has 0 spiro atoms. The topological polar surface area (TPSA) is 112 Å². The van der Waals surface area contributed by atoms with Crippen LogP contribution in [0.2, 0.25) is 0 Å². The largest absolute Gasteiger partial charge is 0.496 e. The summed E-state index contributed by atoms with van der Waals surface area (Å²) in [6.45, 7) is 0. The van der Waals surface area contributed by atoms with E-state index >= 15 is 0 Å². The Bertz CT molecular complexity index is 1760. The number of anilines is 2. The number of fused-ring (bicyclic) bond motifs is 1. The SMILES string of the molecule is COc1ccccc1/C=C(/NC(=O)c1ccccc1)C(=O)Nc1cccc(SCC(=O)Nc2ccc3cc[nH]c3c2)c1. The lowest BCUT2D eigenvalue weighted by atomic mass is 10.1. The van der Waals surface area contributed by atoms with Crippen molar-refractivity contribution in [1.82, 2.24) is 10.3 Å². The van der Waals surface area contributed by atoms with Crippen LogP contribution in [-0.2, 0) is 9.59 Å². The van der Waals surface area contributed by atoms with Gasteiger partial charge in [0, 0.05) is 39.1 Å². The number of aromatic nitrogens is 1. The third kappa shape index (κ3) is 7.26. The molecule has 0 unspecified atom stereocenters. The summed E-state index contributed by atoms with van der Waals surface area (Å²) in [6.07, 6.45) is 3.43. The van der Waals surface area contributed by atoms with Gasteiger partial charge in [-0.05, 0) is 66.1 Å². The summed E-state index contributed by atoms with van der Waals surface area (Å²) < 4.78 is 5.42. The van der Waals surface area contributed by atoms with Crippen molar-refractivity contribution in [3.63, 3.8) is 0 Å². The Morgan fingerprint density at radius 2 is 1.62 bits per heavy atom. The molecule has 1 aromatic heterocycles. The predicted octanol–water partition coefficient (Wildman–Crippen LogP) is 6.32. The Labute approximate surface area is 247 Å². The maximum Gasteiger partial charge on any atom is 0.272 e. The second kappa shape index (κ2) is 13.4. The van der Waals surface area contributed by atoms with E-state index in [1.54, 1.807) is 67.8 Å². The molecule has 42 heavy (non-hydrogen) atoms. The van der Waals surface area contributed by atoms with E-state index in [1.807, 2.05) is 54.7 Å². The monoisotopic (exact) mass is 576 g/mol. The van der Waals surface area contributed by atoms with Crippen molar-refractivity contribution in [1.29, 1.82) is 0 Å². The second-order valence-corrected chi connectivity index (χ2v) is 10.3. The van der Waals surface area contributed by atoms with E-state index in [0.29, 0.717) is 28.3 Å². The Hall–Kier alpha value is -5.28. The lowest BCUT2D eigenvalue weighted by Gasteiger charge is -2.13. The molecule has 0 aliphatic carbocycles. The quantitative estimate of drug-likeness (QED) is 0.115. The maximum atomic E-state index is 13.4. The van der Waals surface area contributed by atoms with E-state index < -0.39 is 11.8 Å². The summed E-state index contributed by atoms with van der Waals surface area (Å²) >= 11 is 1.35. The van der Waals surface area contributed by atoms with Crippen LogP contribution >= 0.6 is 11.8 Å². The van der Waals surface area contributed by atoms with Crippen LogP contribution in [0.4, 0.5) is 11.4 Å². The van der Waals surface area contributed by atoms with Gasteiger partial charge >= 0.3 is 0 Å². The van der Waals surface area contributed by atoms with Crippen molar-refractivity contribution < 1.29 is 19.1 Å². The molecular weight excluding hydrogens is 548 g/mol. The molecule has 0 fully saturated rings. The van der Waals surface area contributed by atoms with Crippen LogP contribution in [0.3, 0.4) is 0 Å². The van der Waals surface area contributed by atoms with E-state index in [-0.39, 0.29) is 17.4 Å². The van der Waals surface area contributed by atoms with Gasteiger partial charge in [-0.15, -0.1) is 11.8 Å². The summed E-state index contributed by atoms with van der Waals surface area (Å²) in [5.41, 5.74) is 3.27. The van der Waals surface area contributed by atoms with Gasteiger partial charge in [0.25, 0.3) is 11.8 Å². The van der Waals surface area contributed by atoms with Crippen molar-refractivity contribution in [2.24, 2.45) is 0 Å². The molecule has 0 saturated carbocycles. The number of hydrogen-bond donors (Lipinski definition) is 4. The highest BCUT2D eigenvalue weighted by Crippen LogP contribution is 2.24. The molecule has 5 aromatic rings. The van der Waals surface area contributed by atoms with Crippen LogP contribution in [0.25, 0.3) is 17.0 Å². The van der Waals surface area contributed by atoms with Crippen molar-refractivity contribution in [2.75, 3.05) is 23.5 Å². The van der Waals surface area contributed by atoms with Crippen molar-refractivity contribution >= 4 is 57.8 Å². The number of amides is 3. The average molecular weight is 577 g/mol. The van der Waals surface area contributed by atoms with Gasteiger partial charge in [-0.1, -0.05) is 48.5 Å². The molecule has 0 atom stereocenters. The molecule has 0 radical (unpaired) electrons. The van der Waals surface area contributed by atoms with Crippen LogP contribution in [0.5, 0.6) is 5.75 Å². The minimum Gasteiger partial charge on any atom is -0.496 e.